The standard InChI is InChI=1S/C20H26N2O4/c1-5-16(19(24)6-2)20(25)22(13(3)23)10-9-14-12-21-18-8-7-15(26-4)11-17(14)18/h7-8,11-12,16,21H,5-6,9-10H2,1-4H3. The fraction of sp³-hybridized carbons (Fsp3) is 0.450. The van der Waals surface area contributed by atoms with Gasteiger partial charge in [-0.15, -0.1) is 0 Å². The summed E-state index contributed by atoms with van der Waals surface area (Å²) < 4.78 is 5.26. The molecule has 0 spiro atoms. The first kappa shape index (κ1) is 19.7. The minimum Gasteiger partial charge on any atom is -0.497 e. The number of hydrogen-bond acceptors (Lipinski definition) is 4. The van der Waals surface area contributed by atoms with Gasteiger partial charge in [-0.2, -0.15) is 0 Å². The number of benzene rings is 1. The fourth-order valence-corrected chi connectivity index (χ4v) is 3.12. The predicted octanol–water partition coefficient (Wildman–Crippen LogP) is 3.10. The monoisotopic (exact) mass is 358 g/mol. The maximum Gasteiger partial charge on any atom is 0.239 e. The second-order valence-corrected chi connectivity index (χ2v) is 6.27. The van der Waals surface area contributed by atoms with Crippen molar-refractivity contribution in [3.05, 3.63) is 30.0 Å². The van der Waals surface area contributed by atoms with E-state index in [-0.39, 0.29) is 24.7 Å². The zero-order valence-electron chi connectivity index (χ0n) is 15.8. The molecule has 1 aromatic heterocycles. The maximum atomic E-state index is 12.7. The van der Waals surface area contributed by atoms with Crippen LogP contribution in [0, 0.1) is 5.92 Å². The topological polar surface area (TPSA) is 79.5 Å². The molecule has 0 saturated heterocycles. The predicted molar refractivity (Wildman–Crippen MR) is 100 cm³/mol. The number of fused-ring (bicyclic) bond motifs is 1. The fourth-order valence-electron chi connectivity index (χ4n) is 3.12. The van der Waals surface area contributed by atoms with Gasteiger partial charge in [0.15, 0.2) is 0 Å². The Morgan fingerprint density at radius 1 is 1.23 bits per heavy atom. The second-order valence-electron chi connectivity index (χ2n) is 6.27. The lowest BCUT2D eigenvalue weighted by Crippen LogP contribution is -2.43. The van der Waals surface area contributed by atoms with Crippen LogP contribution in [0.3, 0.4) is 0 Å². The number of carbonyl (C=O) groups excluding carboxylic acids is 3. The molecule has 2 amide bonds. The number of rotatable bonds is 8. The van der Waals surface area contributed by atoms with Gasteiger partial charge < -0.3 is 9.72 Å². The molecule has 6 heteroatoms. The number of aromatic nitrogens is 1. The first-order valence-electron chi connectivity index (χ1n) is 8.91. The second kappa shape index (κ2) is 8.65. The van der Waals surface area contributed by atoms with Gasteiger partial charge in [-0.05, 0) is 36.6 Å². The van der Waals surface area contributed by atoms with Crippen molar-refractivity contribution < 1.29 is 19.1 Å². The first-order valence-corrected chi connectivity index (χ1v) is 8.91. The van der Waals surface area contributed by atoms with Crippen molar-refractivity contribution in [1.82, 2.24) is 9.88 Å². The van der Waals surface area contributed by atoms with Crippen LogP contribution in [0.1, 0.15) is 39.2 Å². The Labute approximate surface area is 153 Å². The summed E-state index contributed by atoms with van der Waals surface area (Å²) in [5.74, 6) is -0.857. The van der Waals surface area contributed by atoms with Crippen LogP contribution in [0.15, 0.2) is 24.4 Å². The van der Waals surface area contributed by atoms with Crippen molar-refractivity contribution >= 4 is 28.5 Å². The Balaban J connectivity index is 2.20. The van der Waals surface area contributed by atoms with Crippen molar-refractivity contribution in [1.29, 1.82) is 0 Å². The van der Waals surface area contributed by atoms with Crippen molar-refractivity contribution in [2.75, 3.05) is 13.7 Å². The highest BCUT2D eigenvalue weighted by Crippen LogP contribution is 2.24. The van der Waals surface area contributed by atoms with E-state index in [2.05, 4.69) is 4.98 Å². The summed E-state index contributed by atoms with van der Waals surface area (Å²) in [6.07, 6.45) is 3.08. The molecule has 1 aromatic carbocycles. The molecule has 2 rings (SSSR count). The number of imide groups is 1. The molecule has 6 nitrogen and oxygen atoms in total. The van der Waals surface area contributed by atoms with Gasteiger partial charge in [0.2, 0.25) is 11.8 Å². The van der Waals surface area contributed by atoms with Crippen LogP contribution in [0.4, 0.5) is 0 Å². The number of nitrogens with zero attached hydrogens (tertiary/aromatic N) is 1. The van der Waals surface area contributed by atoms with Crippen molar-refractivity contribution in [3.8, 4) is 5.75 Å². The van der Waals surface area contributed by atoms with E-state index in [9.17, 15) is 14.4 Å². The van der Waals surface area contributed by atoms with Crippen LogP contribution >= 0.6 is 0 Å². The average molecular weight is 358 g/mol. The molecule has 0 saturated carbocycles. The number of hydrogen-bond donors (Lipinski definition) is 1. The third kappa shape index (κ3) is 4.12. The molecule has 0 aliphatic rings. The molecule has 1 unspecified atom stereocenters. The van der Waals surface area contributed by atoms with Crippen LogP contribution < -0.4 is 4.74 Å². The summed E-state index contributed by atoms with van der Waals surface area (Å²) in [6, 6.07) is 5.73. The number of Topliss-reactive ketones (excluding diaryl/α,β-unsaturated/α-hetero) is 1. The lowest BCUT2D eigenvalue weighted by molar-refractivity contribution is -0.148. The van der Waals surface area contributed by atoms with Gasteiger partial charge in [0.05, 0.1) is 13.0 Å². The van der Waals surface area contributed by atoms with Gasteiger partial charge in [-0.1, -0.05) is 13.8 Å². The van der Waals surface area contributed by atoms with Gasteiger partial charge in [-0.3, -0.25) is 19.3 Å². The molecule has 0 aliphatic heterocycles. The van der Waals surface area contributed by atoms with Gasteiger partial charge in [0.25, 0.3) is 0 Å². The van der Waals surface area contributed by atoms with Gasteiger partial charge >= 0.3 is 0 Å². The first-order chi connectivity index (χ1) is 12.4. The number of carbonyl (C=O) groups is 3. The summed E-state index contributed by atoms with van der Waals surface area (Å²) in [5, 5.41) is 0.997. The molecule has 2 aromatic rings. The van der Waals surface area contributed by atoms with Crippen LogP contribution in [0.5, 0.6) is 5.75 Å². The van der Waals surface area contributed by atoms with E-state index in [1.165, 1.54) is 11.8 Å². The highest BCUT2D eigenvalue weighted by Gasteiger charge is 2.30. The molecule has 0 radical (unpaired) electrons. The van der Waals surface area contributed by atoms with Gasteiger partial charge in [0, 0.05) is 37.0 Å². The normalized spacial score (nSPS) is 12.0. The number of ketones is 1. The van der Waals surface area contributed by atoms with E-state index in [1.807, 2.05) is 24.4 Å². The summed E-state index contributed by atoms with van der Waals surface area (Å²) in [5.41, 5.74) is 1.96. The number of amides is 2. The van der Waals surface area contributed by atoms with E-state index >= 15 is 0 Å². The zero-order chi connectivity index (χ0) is 19.3. The van der Waals surface area contributed by atoms with E-state index in [4.69, 9.17) is 4.74 Å². The third-order valence-corrected chi connectivity index (χ3v) is 4.67. The number of aromatic amines is 1. The van der Waals surface area contributed by atoms with Gasteiger partial charge in [-0.25, -0.2) is 0 Å². The third-order valence-electron chi connectivity index (χ3n) is 4.67. The Morgan fingerprint density at radius 3 is 2.54 bits per heavy atom. The molecular formula is C20H26N2O4. The van der Waals surface area contributed by atoms with E-state index in [1.54, 1.807) is 21.0 Å². The van der Waals surface area contributed by atoms with Crippen LogP contribution in [0.2, 0.25) is 0 Å². The summed E-state index contributed by atoms with van der Waals surface area (Å²) in [4.78, 5) is 41.1. The smallest absolute Gasteiger partial charge is 0.239 e. The molecule has 0 fully saturated rings. The Kier molecular flexibility index (Phi) is 6.55. The highest BCUT2D eigenvalue weighted by molar-refractivity contribution is 6.06. The molecule has 0 aliphatic carbocycles. The largest absolute Gasteiger partial charge is 0.497 e. The van der Waals surface area contributed by atoms with Crippen LogP contribution in [-0.2, 0) is 20.8 Å². The summed E-state index contributed by atoms with van der Waals surface area (Å²) >= 11 is 0. The SMILES string of the molecule is CCC(=O)C(CC)C(=O)N(CCc1c[nH]c2ccc(OC)cc12)C(C)=O. The molecule has 1 atom stereocenters. The lowest BCUT2D eigenvalue weighted by atomic mass is 9.97. The van der Waals surface area contributed by atoms with Crippen molar-refractivity contribution in [2.45, 2.75) is 40.0 Å². The van der Waals surface area contributed by atoms with Crippen molar-refractivity contribution in [3.63, 3.8) is 0 Å². The zero-order valence-corrected chi connectivity index (χ0v) is 15.8. The average Bonchev–Trinajstić information content (AvgIpc) is 3.04. The van der Waals surface area contributed by atoms with Crippen LogP contribution in [-0.4, -0.2) is 41.1 Å². The molecular weight excluding hydrogens is 332 g/mol. The number of ether oxygens (including phenoxy) is 1. The van der Waals surface area contributed by atoms with E-state index in [0.717, 1.165) is 22.2 Å². The van der Waals surface area contributed by atoms with E-state index < -0.39 is 11.8 Å². The molecule has 140 valence electrons. The Bertz CT molecular complexity index is 809. The molecule has 1 heterocycles. The highest BCUT2D eigenvalue weighted by atomic mass is 16.5. The Hall–Kier alpha value is -2.63. The summed E-state index contributed by atoms with van der Waals surface area (Å²) in [6.45, 7) is 5.13. The number of nitrogens with one attached hydrogen (secondary N) is 1. The quantitative estimate of drug-likeness (QED) is 0.736. The lowest BCUT2D eigenvalue weighted by Gasteiger charge is -2.23. The Morgan fingerprint density at radius 2 is 1.96 bits per heavy atom. The minimum atomic E-state index is -0.744. The maximum absolute atomic E-state index is 12.7. The molecule has 0 bridgehead atoms. The molecule has 1 N–H and O–H groups in total. The van der Waals surface area contributed by atoms with E-state index in [0.29, 0.717) is 12.8 Å². The number of H-pyrrole nitrogens is 1. The summed E-state index contributed by atoms with van der Waals surface area (Å²) in [7, 11) is 1.61. The van der Waals surface area contributed by atoms with Gasteiger partial charge in [0.1, 0.15) is 11.5 Å². The minimum absolute atomic E-state index is 0.124. The van der Waals surface area contributed by atoms with Crippen LogP contribution in [0.25, 0.3) is 10.9 Å². The van der Waals surface area contributed by atoms with Crippen molar-refractivity contribution in [2.24, 2.45) is 5.92 Å². The molecule has 26 heavy (non-hydrogen) atoms. The number of methoxy groups -OCH3 is 1.